The van der Waals surface area contributed by atoms with Crippen LogP contribution in [-0.4, -0.2) is 34.3 Å². The molecule has 0 aromatic carbocycles. The molecule has 106 valence electrons. The van der Waals surface area contributed by atoms with Crippen molar-refractivity contribution in [3.8, 4) is 0 Å². The van der Waals surface area contributed by atoms with Crippen molar-refractivity contribution < 1.29 is 0 Å². The molecule has 0 radical (unpaired) electrons. The van der Waals surface area contributed by atoms with Crippen LogP contribution in [-0.2, 0) is 0 Å². The highest BCUT2D eigenvalue weighted by Gasteiger charge is 2.23. The smallest absolute Gasteiger partial charge is 0.244 e. The minimum Gasteiger partial charge on any atom is -0.338 e. The van der Waals surface area contributed by atoms with Gasteiger partial charge in [-0.2, -0.15) is 4.98 Å². The fourth-order valence-electron chi connectivity index (χ4n) is 3.33. The summed E-state index contributed by atoms with van der Waals surface area (Å²) in [5.74, 6) is 2.53. The third kappa shape index (κ3) is 3.08. The van der Waals surface area contributed by atoms with Crippen LogP contribution in [0.1, 0.15) is 63.1 Å². The van der Waals surface area contributed by atoms with Crippen molar-refractivity contribution in [2.75, 3.05) is 18.0 Å². The number of nitrogens with two attached hydrogens (primary N) is 1. The molecule has 1 saturated heterocycles. The van der Waals surface area contributed by atoms with E-state index in [1.807, 2.05) is 0 Å². The molecule has 2 heterocycles. The molecule has 0 bridgehead atoms. The van der Waals surface area contributed by atoms with Gasteiger partial charge in [-0.25, -0.2) is 0 Å². The number of anilines is 1. The summed E-state index contributed by atoms with van der Waals surface area (Å²) in [5.41, 5.74) is 6.03. The Morgan fingerprint density at radius 3 is 2.58 bits per heavy atom. The zero-order valence-electron chi connectivity index (χ0n) is 11.6. The largest absolute Gasteiger partial charge is 0.338 e. The van der Waals surface area contributed by atoms with Crippen molar-refractivity contribution >= 4 is 5.95 Å². The molecule has 1 aromatic rings. The summed E-state index contributed by atoms with van der Waals surface area (Å²) in [6.07, 6.45) is 10.2. The van der Waals surface area contributed by atoms with Crippen molar-refractivity contribution in [2.45, 2.75) is 63.3 Å². The second-order valence-electron chi connectivity index (χ2n) is 6.06. The molecule has 5 heteroatoms. The topological polar surface area (TPSA) is 70.8 Å². The Labute approximate surface area is 115 Å². The van der Waals surface area contributed by atoms with Crippen molar-refractivity contribution in [2.24, 2.45) is 5.73 Å². The van der Waals surface area contributed by atoms with Gasteiger partial charge in [0.2, 0.25) is 5.95 Å². The third-order valence-corrected chi connectivity index (χ3v) is 4.47. The number of hydrogen-bond donors (Lipinski definition) is 2. The lowest BCUT2D eigenvalue weighted by molar-refractivity contribution is 0.500. The summed E-state index contributed by atoms with van der Waals surface area (Å²) in [4.78, 5) is 6.96. The van der Waals surface area contributed by atoms with Gasteiger partial charge in [-0.1, -0.05) is 25.7 Å². The van der Waals surface area contributed by atoms with E-state index < -0.39 is 0 Å². The maximum atomic E-state index is 6.03. The standard InChI is InChI=1S/C14H25N5/c15-12-8-5-9-19(10-12)14-16-13(17-18-14)11-6-3-1-2-4-7-11/h11-12H,1-10,15H2,(H,16,17,18). The zero-order chi connectivity index (χ0) is 13.1. The molecule has 2 aliphatic rings. The van der Waals surface area contributed by atoms with Gasteiger partial charge in [-0.15, -0.1) is 5.10 Å². The number of aromatic amines is 1. The number of piperidine rings is 1. The van der Waals surface area contributed by atoms with Gasteiger partial charge >= 0.3 is 0 Å². The molecule has 3 N–H and O–H groups in total. The highest BCUT2D eigenvalue weighted by Crippen LogP contribution is 2.30. The van der Waals surface area contributed by atoms with Crippen LogP contribution in [0.3, 0.4) is 0 Å². The van der Waals surface area contributed by atoms with E-state index in [0.29, 0.717) is 5.92 Å². The molecule has 5 nitrogen and oxygen atoms in total. The Kier molecular flexibility index (Phi) is 4.01. The summed E-state index contributed by atoms with van der Waals surface area (Å²) in [7, 11) is 0. The normalized spacial score (nSPS) is 26.4. The summed E-state index contributed by atoms with van der Waals surface area (Å²) < 4.78 is 0. The average molecular weight is 263 g/mol. The molecule has 2 fully saturated rings. The van der Waals surface area contributed by atoms with Crippen molar-refractivity contribution in [3.63, 3.8) is 0 Å². The van der Waals surface area contributed by atoms with Crippen molar-refractivity contribution in [1.82, 2.24) is 15.2 Å². The van der Waals surface area contributed by atoms with Gasteiger partial charge in [0.25, 0.3) is 0 Å². The van der Waals surface area contributed by atoms with Crippen molar-refractivity contribution in [3.05, 3.63) is 5.82 Å². The maximum Gasteiger partial charge on any atom is 0.244 e. The summed E-state index contributed by atoms with van der Waals surface area (Å²) in [6.45, 7) is 1.93. The van der Waals surface area contributed by atoms with Gasteiger partial charge in [0, 0.05) is 25.0 Å². The third-order valence-electron chi connectivity index (χ3n) is 4.47. The molecule has 1 aliphatic heterocycles. The molecule has 1 aromatic heterocycles. The van der Waals surface area contributed by atoms with Gasteiger partial charge < -0.3 is 10.6 Å². The lowest BCUT2D eigenvalue weighted by Crippen LogP contribution is -2.43. The highest BCUT2D eigenvalue weighted by atomic mass is 15.4. The van der Waals surface area contributed by atoms with E-state index in [-0.39, 0.29) is 6.04 Å². The van der Waals surface area contributed by atoms with Crippen LogP contribution in [0.5, 0.6) is 0 Å². The molecule has 19 heavy (non-hydrogen) atoms. The van der Waals surface area contributed by atoms with Gasteiger partial charge in [0.15, 0.2) is 0 Å². The van der Waals surface area contributed by atoms with Crippen LogP contribution < -0.4 is 10.6 Å². The van der Waals surface area contributed by atoms with E-state index in [1.54, 1.807) is 0 Å². The predicted molar refractivity (Wildman–Crippen MR) is 76.2 cm³/mol. The van der Waals surface area contributed by atoms with Crippen LogP contribution in [0.2, 0.25) is 0 Å². The van der Waals surface area contributed by atoms with Crippen LogP contribution in [0.25, 0.3) is 0 Å². The zero-order valence-corrected chi connectivity index (χ0v) is 11.6. The lowest BCUT2D eigenvalue weighted by Gasteiger charge is -2.29. The number of H-pyrrole nitrogens is 1. The van der Waals surface area contributed by atoms with E-state index in [0.717, 1.165) is 37.7 Å². The van der Waals surface area contributed by atoms with Crippen LogP contribution in [0, 0.1) is 0 Å². The minimum atomic E-state index is 0.272. The number of aromatic nitrogens is 3. The lowest BCUT2D eigenvalue weighted by atomic mass is 10.00. The molecule has 1 aliphatic carbocycles. The Hall–Kier alpha value is -1.10. The van der Waals surface area contributed by atoms with Crippen LogP contribution >= 0.6 is 0 Å². The van der Waals surface area contributed by atoms with E-state index in [4.69, 9.17) is 10.7 Å². The van der Waals surface area contributed by atoms with Crippen LogP contribution in [0.4, 0.5) is 5.95 Å². The first-order valence-electron chi connectivity index (χ1n) is 7.76. The molecule has 0 amide bonds. The Morgan fingerprint density at radius 2 is 1.84 bits per heavy atom. The van der Waals surface area contributed by atoms with E-state index in [1.165, 1.54) is 38.5 Å². The molecule has 1 saturated carbocycles. The first kappa shape index (κ1) is 12.9. The molecule has 0 spiro atoms. The summed E-state index contributed by atoms with van der Waals surface area (Å²) in [6, 6.07) is 0.272. The predicted octanol–water partition coefficient (Wildman–Crippen LogP) is 2.17. The van der Waals surface area contributed by atoms with E-state index in [9.17, 15) is 0 Å². The molecule has 1 atom stereocenters. The summed E-state index contributed by atoms with van der Waals surface area (Å²) in [5, 5.41) is 7.59. The van der Waals surface area contributed by atoms with Crippen LogP contribution in [0.15, 0.2) is 0 Å². The SMILES string of the molecule is NC1CCCN(c2n[nH]c(C3CCCCCC3)n2)C1. The number of nitrogens with one attached hydrogen (secondary N) is 1. The first-order chi connectivity index (χ1) is 9.33. The summed E-state index contributed by atoms with van der Waals surface area (Å²) >= 11 is 0. The Morgan fingerprint density at radius 1 is 1.05 bits per heavy atom. The van der Waals surface area contributed by atoms with Gasteiger partial charge in [0.1, 0.15) is 5.82 Å². The number of nitrogens with zero attached hydrogens (tertiary/aromatic N) is 3. The second-order valence-corrected chi connectivity index (χ2v) is 6.06. The van der Waals surface area contributed by atoms with Gasteiger partial charge in [-0.05, 0) is 25.7 Å². The molecule has 1 unspecified atom stereocenters. The monoisotopic (exact) mass is 263 g/mol. The molecular formula is C14H25N5. The van der Waals surface area contributed by atoms with E-state index >= 15 is 0 Å². The fourth-order valence-corrected chi connectivity index (χ4v) is 3.33. The molecule has 3 rings (SSSR count). The van der Waals surface area contributed by atoms with E-state index in [2.05, 4.69) is 15.1 Å². The minimum absolute atomic E-state index is 0.272. The second kappa shape index (κ2) is 5.90. The molecular weight excluding hydrogens is 238 g/mol. The Balaban J connectivity index is 1.68. The quantitative estimate of drug-likeness (QED) is 0.802. The van der Waals surface area contributed by atoms with Gasteiger partial charge in [-0.3, -0.25) is 5.10 Å². The van der Waals surface area contributed by atoms with Gasteiger partial charge in [0.05, 0.1) is 0 Å². The fraction of sp³-hybridized carbons (Fsp3) is 0.857. The number of rotatable bonds is 2. The maximum absolute atomic E-state index is 6.03. The first-order valence-corrected chi connectivity index (χ1v) is 7.76. The highest BCUT2D eigenvalue weighted by molar-refractivity contribution is 5.30. The average Bonchev–Trinajstić information content (AvgIpc) is 2.75. The van der Waals surface area contributed by atoms with Crippen molar-refractivity contribution in [1.29, 1.82) is 0 Å². The number of hydrogen-bond acceptors (Lipinski definition) is 4. The Bertz CT molecular complexity index is 378.